The number of non-ortho nitro benzene ring substituents is 1. The Morgan fingerprint density at radius 1 is 1.30 bits per heavy atom. The maximum atomic E-state index is 11.0. The zero-order chi connectivity index (χ0) is 14.7. The number of nitrogens with zero attached hydrogens (tertiary/aromatic N) is 2. The number of carboxylic acids is 1. The molecule has 7 heteroatoms. The van der Waals surface area contributed by atoms with Crippen molar-refractivity contribution in [2.45, 2.75) is 0 Å². The third-order valence-corrected chi connectivity index (χ3v) is 2.65. The summed E-state index contributed by atoms with van der Waals surface area (Å²) in [6.45, 7) is 0. The smallest absolute Gasteiger partial charge is 0.335 e. The number of hydrogen-bond donors (Lipinski definition) is 1. The quantitative estimate of drug-likeness (QED) is 0.678. The van der Waals surface area contributed by atoms with E-state index in [0.717, 1.165) is 6.07 Å². The summed E-state index contributed by atoms with van der Waals surface area (Å²) in [5.74, 6) is -0.887. The molecule has 20 heavy (non-hydrogen) atoms. The molecule has 1 N–H and O–H groups in total. The van der Waals surface area contributed by atoms with Crippen LogP contribution in [-0.2, 0) is 0 Å². The third kappa shape index (κ3) is 2.72. The van der Waals surface area contributed by atoms with Gasteiger partial charge in [0.25, 0.3) is 5.69 Å². The topological polar surface area (TPSA) is 103 Å². The monoisotopic (exact) mass is 274 g/mol. The van der Waals surface area contributed by atoms with Gasteiger partial charge < -0.3 is 9.84 Å². The number of carboxylic acid groups (broad SMARTS) is 1. The number of carbonyl (C=O) groups is 1. The zero-order valence-corrected chi connectivity index (χ0v) is 10.4. The summed E-state index contributed by atoms with van der Waals surface area (Å²) in [4.78, 5) is 25.2. The molecule has 1 aromatic carbocycles. The average Bonchev–Trinajstić information content (AvgIpc) is 2.46. The second-order valence-corrected chi connectivity index (χ2v) is 3.92. The molecule has 0 radical (unpaired) electrons. The van der Waals surface area contributed by atoms with Gasteiger partial charge in [0, 0.05) is 24.4 Å². The maximum absolute atomic E-state index is 11.0. The lowest BCUT2D eigenvalue weighted by Gasteiger charge is -2.05. The molecular weight excluding hydrogens is 264 g/mol. The number of methoxy groups -OCH3 is 1. The van der Waals surface area contributed by atoms with Crippen LogP contribution >= 0.6 is 0 Å². The average molecular weight is 274 g/mol. The summed E-state index contributed by atoms with van der Waals surface area (Å²) in [6.07, 6.45) is 1.48. The lowest BCUT2D eigenvalue weighted by molar-refractivity contribution is -0.384. The Morgan fingerprint density at radius 3 is 2.65 bits per heavy atom. The third-order valence-electron chi connectivity index (χ3n) is 2.65. The fraction of sp³-hybridized carbons (Fsp3) is 0.0769. The SMILES string of the molecule is COc1cc(-c2cc(C(=O)O)cc([N+](=O)[O-])c2)ccn1. The molecule has 1 heterocycles. The van der Waals surface area contributed by atoms with Gasteiger partial charge in [0.2, 0.25) is 5.88 Å². The number of aromatic carboxylic acids is 1. The number of rotatable bonds is 4. The van der Waals surface area contributed by atoms with Crippen molar-refractivity contribution in [3.05, 3.63) is 52.2 Å². The van der Waals surface area contributed by atoms with Crippen molar-refractivity contribution in [2.75, 3.05) is 7.11 Å². The fourth-order valence-corrected chi connectivity index (χ4v) is 1.71. The van der Waals surface area contributed by atoms with Crippen LogP contribution in [0, 0.1) is 10.1 Å². The minimum absolute atomic E-state index is 0.148. The van der Waals surface area contributed by atoms with Crippen molar-refractivity contribution in [2.24, 2.45) is 0 Å². The van der Waals surface area contributed by atoms with Crippen LogP contribution in [-0.4, -0.2) is 28.1 Å². The van der Waals surface area contributed by atoms with Gasteiger partial charge in [-0.15, -0.1) is 0 Å². The predicted octanol–water partition coefficient (Wildman–Crippen LogP) is 2.36. The highest BCUT2D eigenvalue weighted by molar-refractivity contribution is 5.90. The molecule has 7 nitrogen and oxygen atoms in total. The maximum Gasteiger partial charge on any atom is 0.335 e. The van der Waals surface area contributed by atoms with Gasteiger partial charge in [0.15, 0.2) is 0 Å². The highest BCUT2D eigenvalue weighted by atomic mass is 16.6. The molecule has 0 atom stereocenters. The predicted molar refractivity (Wildman–Crippen MR) is 69.8 cm³/mol. The first-order valence-corrected chi connectivity index (χ1v) is 5.54. The normalized spacial score (nSPS) is 10.1. The Balaban J connectivity index is 2.60. The van der Waals surface area contributed by atoms with E-state index in [1.165, 1.54) is 25.4 Å². The largest absolute Gasteiger partial charge is 0.481 e. The van der Waals surface area contributed by atoms with Crippen molar-refractivity contribution in [1.29, 1.82) is 0 Å². The molecule has 0 bridgehead atoms. The second-order valence-electron chi connectivity index (χ2n) is 3.92. The first-order valence-electron chi connectivity index (χ1n) is 5.54. The summed E-state index contributed by atoms with van der Waals surface area (Å²) in [6, 6.07) is 6.88. The lowest BCUT2D eigenvalue weighted by atomic mass is 10.0. The Hall–Kier alpha value is -2.96. The second kappa shape index (κ2) is 5.35. The van der Waals surface area contributed by atoms with Crippen molar-refractivity contribution in [3.8, 4) is 17.0 Å². The van der Waals surface area contributed by atoms with E-state index in [1.54, 1.807) is 12.1 Å². The number of aromatic nitrogens is 1. The molecule has 0 aliphatic carbocycles. The van der Waals surface area contributed by atoms with E-state index in [2.05, 4.69) is 4.98 Å². The zero-order valence-electron chi connectivity index (χ0n) is 10.4. The van der Waals surface area contributed by atoms with Crippen molar-refractivity contribution in [1.82, 2.24) is 4.98 Å². The van der Waals surface area contributed by atoms with Gasteiger partial charge in [-0.05, 0) is 23.3 Å². The number of hydrogen-bond acceptors (Lipinski definition) is 5. The van der Waals surface area contributed by atoms with E-state index in [-0.39, 0.29) is 11.3 Å². The molecule has 0 fully saturated rings. The Bertz CT molecular complexity index is 652. The van der Waals surface area contributed by atoms with E-state index >= 15 is 0 Å². The van der Waals surface area contributed by atoms with E-state index in [4.69, 9.17) is 9.84 Å². The first kappa shape index (κ1) is 13.5. The minimum atomic E-state index is -1.23. The van der Waals surface area contributed by atoms with Gasteiger partial charge >= 0.3 is 5.97 Å². The Kier molecular flexibility index (Phi) is 3.60. The van der Waals surface area contributed by atoms with E-state index in [9.17, 15) is 14.9 Å². The van der Waals surface area contributed by atoms with Crippen LogP contribution in [0.25, 0.3) is 11.1 Å². The molecule has 2 rings (SSSR count). The fourth-order valence-electron chi connectivity index (χ4n) is 1.71. The Labute approximate surface area is 113 Å². The van der Waals surface area contributed by atoms with E-state index in [0.29, 0.717) is 17.0 Å². The molecule has 2 aromatic rings. The molecule has 102 valence electrons. The summed E-state index contributed by atoms with van der Waals surface area (Å²) < 4.78 is 4.97. The summed E-state index contributed by atoms with van der Waals surface area (Å²) in [7, 11) is 1.45. The summed E-state index contributed by atoms with van der Waals surface area (Å²) in [5.41, 5.74) is 0.570. The van der Waals surface area contributed by atoms with Gasteiger partial charge in [-0.1, -0.05) is 0 Å². The van der Waals surface area contributed by atoms with Crippen molar-refractivity contribution >= 4 is 11.7 Å². The van der Waals surface area contributed by atoms with Crippen LogP contribution < -0.4 is 4.74 Å². The first-order chi connectivity index (χ1) is 9.51. The van der Waals surface area contributed by atoms with Gasteiger partial charge in [0.1, 0.15) is 0 Å². The molecule has 0 unspecified atom stereocenters. The molecule has 0 aliphatic heterocycles. The summed E-state index contributed by atoms with van der Waals surface area (Å²) in [5, 5.41) is 19.9. The van der Waals surface area contributed by atoms with Gasteiger partial charge in [-0.25, -0.2) is 9.78 Å². The van der Waals surface area contributed by atoms with E-state index < -0.39 is 10.9 Å². The van der Waals surface area contributed by atoms with Crippen LogP contribution in [0.5, 0.6) is 5.88 Å². The number of benzene rings is 1. The molecule has 0 amide bonds. The molecule has 0 aliphatic rings. The van der Waals surface area contributed by atoms with E-state index in [1.807, 2.05) is 0 Å². The number of ether oxygens (including phenoxy) is 1. The van der Waals surface area contributed by atoms with Crippen molar-refractivity contribution in [3.63, 3.8) is 0 Å². The highest BCUT2D eigenvalue weighted by Gasteiger charge is 2.15. The molecule has 0 saturated heterocycles. The molecule has 0 saturated carbocycles. The van der Waals surface area contributed by atoms with Crippen LogP contribution in [0.4, 0.5) is 5.69 Å². The van der Waals surface area contributed by atoms with Crippen LogP contribution in [0.15, 0.2) is 36.5 Å². The minimum Gasteiger partial charge on any atom is -0.481 e. The molecule has 0 spiro atoms. The lowest BCUT2D eigenvalue weighted by Crippen LogP contribution is -1.99. The highest BCUT2D eigenvalue weighted by Crippen LogP contribution is 2.27. The van der Waals surface area contributed by atoms with Crippen molar-refractivity contribution < 1.29 is 19.6 Å². The Morgan fingerprint density at radius 2 is 2.05 bits per heavy atom. The van der Waals surface area contributed by atoms with Crippen LogP contribution in [0.2, 0.25) is 0 Å². The number of nitro benzene ring substituents is 1. The molecule has 1 aromatic heterocycles. The van der Waals surface area contributed by atoms with Crippen LogP contribution in [0.3, 0.4) is 0 Å². The standard InChI is InChI=1S/C13H10N2O5/c1-20-12-7-8(2-3-14-12)9-4-10(13(16)17)6-11(5-9)15(18)19/h2-7H,1H3,(H,16,17). The van der Waals surface area contributed by atoms with Gasteiger partial charge in [0.05, 0.1) is 17.6 Å². The number of nitro groups is 1. The van der Waals surface area contributed by atoms with Crippen LogP contribution in [0.1, 0.15) is 10.4 Å². The molecular formula is C13H10N2O5. The van der Waals surface area contributed by atoms with Gasteiger partial charge in [-0.2, -0.15) is 0 Å². The van der Waals surface area contributed by atoms with Gasteiger partial charge in [-0.3, -0.25) is 10.1 Å². The summed E-state index contributed by atoms with van der Waals surface area (Å²) >= 11 is 0. The number of pyridine rings is 1.